The van der Waals surface area contributed by atoms with E-state index in [4.69, 9.17) is 14.2 Å². The second-order valence-electron chi connectivity index (χ2n) is 17.7. The van der Waals surface area contributed by atoms with Crippen molar-refractivity contribution < 1.29 is 41.0 Å². The molecule has 0 aliphatic heterocycles. The van der Waals surface area contributed by atoms with E-state index in [-0.39, 0.29) is 35.0 Å². The van der Waals surface area contributed by atoms with Crippen molar-refractivity contribution in [3.8, 4) is 11.5 Å². The van der Waals surface area contributed by atoms with E-state index in [1.54, 1.807) is 39.0 Å². The molecule has 4 saturated carbocycles. The Morgan fingerprint density at radius 3 is 1.96 bits per heavy atom. The van der Waals surface area contributed by atoms with E-state index in [1.807, 2.05) is 6.07 Å². The molecule has 3 unspecified atom stereocenters. The first-order valence-electron chi connectivity index (χ1n) is 20.4. The molecule has 304 valence electrons. The van der Waals surface area contributed by atoms with Crippen molar-refractivity contribution in [3.05, 3.63) is 66.2 Å². The molecule has 12 heteroatoms. The third kappa shape index (κ3) is 9.33. The van der Waals surface area contributed by atoms with Gasteiger partial charge in [-0.3, -0.25) is 4.79 Å². The van der Waals surface area contributed by atoms with Crippen molar-refractivity contribution >= 4 is 32.7 Å². The number of benzene rings is 3. The predicted octanol–water partition coefficient (Wildman–Crippen LogP) is 9.46. The second kappa shape index (κ2) is 16.2. The lowest BCUT2D eigenvalue weighted by Gasteiger charge is -2.38. The van der Waals surface area contributed by atoms with E-state index >= 15 is 8.78 Å². The van der Waals surface area contributed by atoms with Crippen LogP contribution >= 0.6 is 0 Å². The first-order valence-corrected chi connectivity index (χ1v) is 21.9. The van der Waals surface area contributed by atoms with E-state index < -0.39 is 50.9 Å². The van der Waals surface area contributed by atoms with Gasteiger partial charge in [0.2, 0.25) is 10.0 Å². The molecule has 0 heterocycles. The van der Waals surface area contributed by atoms with Crippen LogP contribution in [0, 0.1) is 23.7 Å². The molecule has 1 amide bonds. The topological polar surface area (TPSA) is 120 Å². The molecule has 4 aliphatic rings. The van der Waals surface area contributed by atoms with E-state index in [0.717, 1.165) is 56.8 Å². The first kappa shape index (κ1) is 40.4. The fourth-order valence-electron chi connectivity index (χ4n) is 9.41. The summed E-state index contributed by atoms with van der Waals surface area (Å²) >= 11 is 0. The zero-order valence-electron chi connectivity index (χ0n) is 32.9. The molecular weight excluding hydrogens is 739 g/mol. The largest absolute Gasteiger partial charge is 0.490 e. The van der Waals surface area contributed by atoms with Crippen LogP contribution in [0.3, 0.4) is 0 Å². The monoisotopic (exact) mass is 794 g/mol. The van der Waals surface area contributed by atoms with Crippen LogP contribution in [0.5, 0.6) is 11.5 Å². The Balaban J connectivity index is 1.14. The number of nitrogens with one attached hydrogen (secondary N) is 2. The number of alkyl carbamates (subject to hydrolysis) is 1. The molecule has 56 heavy (non-hydrogen) atoms. The summed E-state index contributed by atoms with van der Waals surface area (Å²) in [6.45, 7) is 7.52. The van der Waals surface area contributed by atoms with E-state index in [2.05, 4.69) is 17.0 Å². The van der Waals surface area contributed by atoms with Gasteiger partial charge >= 0.3 is 6.09 Å². The highest BCUT2D eigenvalue weighted by Gasteiger charge is 2.55. The second-order valence-corrected chi connectivity index (χ2v) is 19.5. The predicted molar refractivity (Wildman–Crippen MR) is 210 cm³/mol. The number of hydrogen-bond acceptors (Lipinski definition) is 7. The average Bonchev–Trinajstić information content (AvgIpc) is 3.75. The highest BCUT2D eigenvalue weighted by molar-refractivity contribution is 7.89. The van der Waals surface area contributed by atoms with Gasteiger partial charge in [-0.1, -0.05) is 19.1 Å². The van der Waals surface area contributed by atoms with Gasteiger partial charge in [0.05, 0.1) is 17.1 Å². The van der Waals surface area contributed by atoms with E-state index in [1.165, 1.54) is 36.4 Å². The highest BCUT2D eigenvalue weighted by Crippen LogP contribution is 2.49. The zero-order chi connectivity index (χ0) is 39.8. The van der Waals surface area contributed by atoms with Gasteiger partial charge in [0.15, 0.2) is 5.78 Å². The molecule has 2 N–H and O–H groups in total. The summed E-state index contributed by atoms with van der Waals surface area (Å²) in [4.78, 5) is 27.0. The number of halogens is 2. The maximum absolute atomic E-state index is 17.0. The third-order valence-electron chi connectivity index (χ3n) is 12.3. The fourth-order valence-corrected chi connectivity index (χ4v) is 10.7. The number of amides is 1. The van der Waals surface area contributed by atoms with Crippen molar-refractivity contribution in [2.24, 2.45) is 23.7 Å². The van der Waals surface area contributed by atoms with Crippen LogP contribution in [0.15, 0.2) is 65.6 Å². The van der Waals surface area contributed by atoms with Crippen molar-refractivity contribution in [1.82, 2.24) is 10.0 Å². The molecule has 4 fully saturated rings. The molecule has 0 radical (unpaired) electrons. The van der Waals surface area contributed by atoms with Crippen molar-refractivity contribution in [2.45, 2.75) is 145 Å². The standard InChI is InChI=1S/C44H56F2N2O7S/c1-27-9-17-35(18-10-27)53-36-20-15-32(16-21-36)44(45,46)41(40(49)39-30-11-12-31(39)24-33(23-30)47-42(50)55-43(2,3)4)48-56(51,52)38-22-14-28-25-37(19-13-29(28)26-38)54-34-7-5-6-8-34/h13-16,19-22,25-27,30-31,33-35,39,41,48H,5-12,17-18,23-24H2,1-4H3,(H,47,50). The number of carbonyl (C=O) groups excluding carboxylic acids is 2. The lowest BCUT2D eigenvalue weighted by Crippen LogP contribution is -2.55. The molecule has 0 spiro atoms. The number of rotatable bonds is 12. The Morgan fingerprint density at radius 2 is 1.32 bits per heavy atom. The van der Waals surface area contributed by atoms with Gasteiger partial charge in [0.25, 0.3) is 5.92 Å². The Kier molecular flexibility index (Phi) is 11.7. The van der Waals surface area contributed by atoms with Crippen molar-refractivity contribution in [2.75, 3.05) is 0 Å². The third-order valence-corrected chi connectivity index (χ3v) is 13.7. The summed E-state index contributed by atoms with van der Waals surface area (Å²) in [5.41, 5.74) is -1.17. The minimum atomic E-state index is -4.63. The first-order chi connectivity index (χ1) is 26.5. The molecule has 3 atom stereocenters. The molecule has 4 aliphatic carbocycles. The van der Waals surface area contributed by atoms with Gasteiger partial charge in [0, 0.05) is 17.5 Å². The Morgan fingerprint density at radius 1 is 0.750 bits per heavy atom. The smallest absolute Gasteiger partial charge is 0.407 e. The maximum Gasteiger partial charge on any atom is 0.407 e. The minimum Gasteiger partial charge on any atom is -0.490 e. The molecule has 7 rings (SSSR count). The van der Waals surface area contributed by atoms with Crippen LogP contribution in [-0.4, -0.2) is 50.2 Å². The SMILES string of the molecule is CC1CCC(Oc2ccc(C(F)(F)C(NS(=O)(=O)c3ccc4cc(OC5CCCC5)ccc4c3)C(=O)C3C4CCC3CC(NC(=O)OC(C)(C)C)C4)cc2)CC1. The minimum absolute atomic E-state index is 0.00229. The number of Topliss-reactive ketones (excluding diaryl/α,β-unsaturated/α-hetero) is 1. The Labute approximate surface area is 329 Å². The summed E-state index contributed by atoms with van der Waals surface area (Å²) in [5, 5.41) is 4.24. The van der Waals surface area contributed by atoms with Crippen LogP contribution in [0.2, 0.25) is 0 Å². The van der Waals surface area contributed by atoms with Crippen molar-refractivity contribution in [1.29, 1.82) is 0 Å². The van der Waals surface area contributed by atoms with Gasteiger partial charge < -0.3 is 19.5 Å². The summed E-state index contributed by atoms with van der Waals surface area (Å²) in [7, 11) is -4.63. The zero-order valence-corrected chi connectivity index (χ0v) is 33.7. The highest BCUT2D eigenvalue weighted by atomic mass is 32.2. The summed E-state index contributed by atoms with van der Waals surface area (Å²) < 4.78 is 82.1. The number of sulfonamides is 1. The lowest BCUT2D eigenvalue weighted by molar-refractivity contribution is -0.139. The normalized spacial score (nSPS) is 26.5. The molecule has 2 bridgehead atoms. The number of ketones is 1. The number of hydrogen-bond donors (Lipinski definition) is 2. The number of fused-ring (bicyclic) bond motifs is 3. The van der Waals surface area contributed by atoms with Gasteiger partial charge in [-0.25, -0.2) is 13.2 Å². The summed E-state index contributed by atoms with van der Waals surface area (Å²) in [5.74, 6) is -4.39. The van der Waals surface area contributed by atoms with Crippen LogP contribution in [0.4, 0.5) is 13.6 Å². The van der Waals surface area contributed by atoms with Crippen LogP contribution in [-0.2, 0) is 25.5 Å². The van der Waals surface area contributed by atoms with Crippen LogP contribution < -0.4 is 19.5 Å². The van der Waals surface area contributed by atoms with Gasteiger partial charge in [-0.05, 0) is 175 Å². The molecule has 0 aromatic heterocycles. The fraction of sp³-hybridized carbons (Fsp3) is 0.591. The molecular formula is C44H56F2N2O7S. The Bertz CT molecular complexity index is 1970. The van der Waals surface area contributed by atoms with Gasteiger partial charge in [0.1, 0.15) is 23.1 Å². The Hall–Kier alpha value is -3.77. The quantitative estimate of drug-likeness (QED) is 0.188. The maximum atomic E-state index is 17.0. The molecule has 3 aromatic carbocycles. The molecule has 0 saturated heterocycles. The van der Waals surface area contributed by atoms with Gasteiger partial charge in [-0.2, -0.15) is 13.5 Å². The molecule has 3 aromatic rings. The number of carbonyl (C=O) groups is 2. The number of ether oxygens (including phenoxy) is 3. The van der Waals surface area contributed by atoms with Gasteiger partial charge in [-0.15, -0.1) is 0 Å². The number of alkyl halides is 2. The van der Waals surface area contributed by atoms with Crippen LogP contribution in [0.25, 0.3) is 10.8 Å². The van der Waals surface area contributed by atoms with E-state index in [0.29, 0.717) is 48.5 Å². The molecule has 9 nitrogen and oxygen atoms in total. The summed E-state index contributed by atoms with van der Waals surface area (Å²) in [6.07, 6.45) is 9.73. The van der Waals surface area contributed by atoms with Crippen molar-refractivity contribution in [3.63, 3.8) is 0 Å². The van der Waals surface area contributed by atoms with Crippen LogP contribution in [0.1, 0.15) is 110 Å². The van der Waals surface area contributed by atoms with E-state index in [9.17, 15) is 18.0 Å². The average molecular weight is 795 g/mol. The summed E-state index contributed by atoms with van der Waals surface area (Å²) in [6, 6.07) is 12.6. The lowest BCUT2D eigenvalue weighted by atomic mass is 9.72.